The number of nitrogens with zero attached hydrogens (tertiary/aromatic N) is 2. The van der Waals surface area contributed by atoms with E-state index >= 15 is 0 Å². The van der Waals surface area contributed by atoms with Crippen molar-refractivity contribution >= 4 is 26.7 Å². The van der Waals surface area contributed by atoms with E-state index in [-0.39, 0.29) is 36.1 Å². The number of fused-ring (bicyclic) bond motifs is 1. The molecule has 3 aromatic carbocycles. The standard InChI is InChI=1S/C23H24N2O4S/c1-17-6-9-21(26)22(14-17)30(28,29)25-12-10-24(11-13-25)23(27)16-18-7-8-19-4-2-3-5-20(19)15-18/h2-9,14-15,26H,10-13,16H2,1H3. The normalized spacial score (nSPS) is 15.4. The van der Waals surface area contributed by atoms with Gasteiger partial charge in [-0.25, -0.2) is 8.42 Å². The monoisotopic (exact) mass is 424 g/mol. The first-order chi connectivity index (χ1) is 14.3. The molecule has 0 unspecified atom stereocenters. The van der Waals surface area contributed by atoms with E-state index in [1.54, 1.807) is 17.9 Å². The Balaban J connectivity index is 1.42. The maximum absolute atomic E-state index is 12.9. The Bertz CT molecular complexity index is 1200. The van der Waals surface area contributed by atoms with E-state index in [1.165, 1.54) is 16.4 Å². The number of phenolic OH excluding ortho intramolecular Hbond substituents is 1. The lowest BCUT2D eigenvalue weighted by Crippen LogP contribution is -2.50. The third-order valence-electron chi connectivity index (χ3n) is 5.49. The molecular formula is C23H24N2O4S. The van der Waals surface area contributed by atoms with Gasteiger partial charge in [0.1, 0.15) is 10.6 Å². The van der Waals surface area contributed by atoms with Gasteiger partial charge in [-0.05, 0) is 41.0 Å². The SMILES string of the molecule is Cc1ccc(O)c(S(=O)(=O)N2CCN(C(=O)Cc3ccc4ccccc4c3)CC2)c1. The van der Waals surface area contributed by atoms with Gasteiger partial charge < -0.3 is 10.0 Å². The van der Waals surface area contributed by atoms with Crippen LogP contribution in [0.3, 0.4) is 0 Å². The van der Waals surface area contributed by atoms with Crippen molar-refractivity contribution in [2.24, 2.45) is 0 Å². The lowest BCUT2D eigenvalue weighted by molar-refractivity contribution is -0.131. The number of piperazine rings is 1. The lowest BCUT2D eigenvalue weighted by Gasteiger charge is -2.34. The van der Waals surface area contributed by atoms with Gasteiger partial charge >= 0.3 is 0 Å². The number of hydrogen-bond acceptors (Lipinski definition) is 4. The smallest absolute Gasteiger partial charge is 0.246 e. The predicted molar refractivity (Wildman–Crippen MR) is 116 cm³/mol. The minimum absolute atomic E-state index is 0.0132. The zero-order chi connectivity index (χ0) is 21.3. The summed E-state index contributed by atoms with van der Waals surface area (Å²) in [4.78, 5) is 14.4. The Morgan fingerprint density at radius 1 is 0.933 bits per heavy atom. The molecule has 0 spiro atoms. The first-order valence-electron chi connectivity index (χ1n) is 9.90. The third kappa shape index (κ3) is 4.04. The van der Waals surface area contributed by atoms with Crippen molar-refractivity contribution in [2.45, 2.75) is 18.2 Å². The van der Waals surface area contributed by atoms with Crippen molar-refractivity contribution in [3.05, 3.63) is 71.8 Å². The van der Waals surface area contributed by atoms with Crippen LogP contribution in [-0.4, -0.2) is 54.8 Å². The molecule has 1 heterocycles. The first-order valence-corrected chi connectivity index (χ1v) is 11.3. The van der Waals surface area contributed by atoms with E-state index in [9.17, 15) is 18.3 Å². The molecule has 1 N–H and O–H groups in total. The number of benzene rings is 3. The average Bonchev–Trinajstić information content (AvgIpc) is 2.75. The van der Waals surface area contributed by atoms with Crippen LogP contribution in [0.2, 0.25) is 0 Å². The molecule has 0 atom stereocenters. The highest BCUT2D eigenvalue weighted by Gasteiger charge is 2.31. The second kappa shape index (κ2) is 8.08. The molecule has 6 nitrogen and oxygen atoms in total. The number of carbonyl (C=O) groups is 1. The van der Waals surface area contributed by atoms with Crippen LogP contribution in [-0.2, 0) is 21.2 Å². The van der Waals surface area contributed by atoms with Crippen molar-refractivity contribution in [1.82, 2.24) is 9.21 Å². The lowest BCUT2D eigenvalue weighted by atomic mass is 10.0. The summed E-state index contributed by atoms with van der Waals surface area (Å²) in [5.74, 6) is -0.267. The third-order valence-corrected chi connectivity index (χ3v) is 7.42. The predicted octanol–water partition coefficient (Wildman–Crippen LogP) is 2.93. The van der Waals surface area contributed by atoms with E-state index < -0.39 is 10.0 Å². The second-order valence-electron chi connectivity index (χ2n) is 7.61. The van der Waals surface area contributed by atoms with Gasteiger partial charge in [-0.2, -0.15) is 4.31 Å². The Labute approximate surface area is 176 Å². The summed E-state index contributed by atoms with van der Waals surface area (Å²) in [6.45, 7) is 2.86. The maximum atomic E-state index is 12.9. The zero-order valence-electron chi connectivity index (χ0n) is 16.8. The van der Waals surface area contributed by atoms with Crippen LogP contribution in [0, 0.1) is 6.92 Å². The van der Waals surface area contributed by atoms with Crippen LogP contribution in [0.5, 0.6) is 5.75 Å². The van der Waals surface area contributed by atoms with Gasteiger partial charge in [-0.3, -0.25) is 4.79 Å². The Morgan fingerprint density at radius 3 is 2.37 bits per heavy atom. The van der Waals surface area contributed by atoms with Gasteiger partial charge in [0.25, 0.3) is 0 Å². The van der Waals surface area contributed by atoms with Crippen LogP contribution in [0.4, 0.5) is 0 Å². The molecule has 1 amide bonds. The summed E-state index contributed by atoms with van der Waals surface area (Å²) in [5, 5.41) is 12.2. The fraction of sp³-hybridized carbons (Fsp3) is 0.261. The number of aryl methyl sites for hydroxylation is 1. The van der Waals surface area contributed by atoms with Crippen molar-refractivity contribution in [1.29, 1.82) is 0 Å². The topological polar surface area (TPSA) is 77.9 Å². The van der Waals surface area contributed by atoms with Crippen LogP contribution in [0.1, 0.15) is 11.1 Å². The Kier molecular flexibility index (Phi) is 5.49. The van der Waals surface area contributed by atoms with Crippen LogP contribution in [0.15, 0.2) is 65.6 Å². The number of phenols is 1. The van der Waals surface area contributed by atoms with E-state index in [0.717, 1.165) is 21.9 Å². The number of rotatable bonds is 4. The fourth-order valence-electron chi connectivity index (χ4n) is 3.78. The molecular weight excluding hydrogens is 400 g/mol. The Morgan fingerprint density at radius 2 is 1.63 bits per heavy atom. The number of aromatic hydroxyl groups is 1. The average molecular weight is 425 g/mol. The summed E-state index contributed by atoms with van der Waals surface area (Å²) >= 11 is 0. The molecule has 1 saturated heterocycles. The summed E-state index contributed by atoms with van der Waals surface area (Å²) in [7, 11) is -3.80. The Hall–Kier alpha value is -2.90. The molecule has 0 bridgehead atoms. The van der Waals surface area contributed by atoms with Gasteiger partial charge in [-0.15, -0.1) is 0 Å². The number of carbonyl (C=O) groups excluding carboxylic acids is 1. The van der Waals surface area contributed by atoms with Crippen molar-refractivity contribution in [2.75, 3.05) is 26.2 Å². The number of sulfonamides is 1. The molecule has 7 heteroatoms. The maximum Gasteiger partial charge on any atom is 0.246 e. The highest BCUT2D eigenvalue weighted by molar-refractivity contribution is 7.89. The summed E-state index contributed by atoms with van der Waals surface area (Å²) in [6.07, 6.45) is 0.288. The molecule has 1 aliphatic heterocycles. The minimum Gasteiger partial charge on any atom is -0.507 e. The summed E-state index contributed by atoms with van der Waals surface area (Å²) in [5.41, 5.74) is 1.70. The highest BCUT2D eigenvalue weighted by atomic mass is 32.2. The van der Waals surface area contributed by atoms with Gasteiger partial charge in [0.2, 0.25) is 15.9 Å². The molecule has 0 aliphatic carbocycles. The molecule has 0 aromatic heterocycles. The number of hydrogen-bond donors (Lipinski definition) is 1. The molecule has 4 rings (SSSR count). The molecule has 156 valence electrons. The quantitative estimate of drug-likeness (QED) is 0.699. The largest absolute Gasteiger partial charge is 0.507 e. The molecule has 3 aromatic rings. The van der Waals surface area contributed by atoms with Gasteiger partial charge in [0.15, 0.2) is 0 Å². The van der Waals surface area contributed by atoms with Crippen LogP contribution < -0.4 is 0 Å². The molecule has 0 saturated carbocycles. The van der Waals surface area contributed by atoms with Crippen molar-refractivity contribution in [3.8, 4) is 5.75 Å². The van der Waals surface area contributed by atoms with E-state index in [0.29, 0.717) is 13.1 Å². The van der Waals surface area contributed by atoms with Gasteiger partial charge in [-0.1, -0.05) is 48.5 Å². The second-order valence-corrected chi connectivity index (χ2v) is 9.52. The summed E-state index contributed by atoms with van der Waals surface area (Å²) < 4.78 is 27.2. The fourth-order valence-corrected chi connectivity index (χ4v) is 5.37. The van der Waals surface area contributed by atoms with Crippen LogP contribution >= 0.6 is 0 Å². The summed E-state index contributed by atoms with van der Waals surface area (Å²) in [6, 6.07) is 18.5. The molecule has 0 radical (unpaired) electrons. The van der Waals surface area contributed by atoms with Gasteiger partial charge in [0.05, 0.1) is 6.42 Å². The van der Waals surface area contributed by atoms with Crippen molar-refractivity contribution in [3.63, 3.8) is 0 Å². The zero-order valence-corrected chi connectivity index (χ0v) is 17.6. The first kappa shape index (κ1) is 20.4. The van der Waals surface area contributed by atoms with E-state index in [2.05, 4.69) is 0 Å². The van der Waals surface area contributed by atoms with Crippen molar-refractivity contribution < 1.29 is 18.3 Å². The molecule has 30 heavy (non-hydrogen) atoms. The highest BCUT2D eigenvalue weighted by Crippen LogP contribution is 2.27. The van der Waals surface area contributed by atoms with Gasteiger partial charge in [0, 0.05) is 26.2 Å². The number of amides is 1. The van der Waals surface area contributed by atoms with E-state index in [4.69, 9.17) is 0 Å². The van der Waals surface area contributed by atoms with Crippen LogP contribution in [0.25, 0.3) is 10.8 Å². The molecule has 1 aliphatic rings. The molecule has 1 fully saturated rings. The minimum atomic E-state index is -3.80. The van der Waals surface area contributed by atoms with E-state index in [1.807, 2.05) is 42.5 Å².